The molecule has 7 heteroatoms. The number of nitrogens with zero attached hydrogens (tertiary/aromatic N) is 1. The van der Waals surface area contributed by atoms with E-state index in [1.165, 1.54) is 4.68 Å². The number of para-hydroxylation sites is 1. The molecule has 0 bridgehead atoms. The topological polar surface area (TPSA) is 110 Å². The Morgan fingerprint density at radius 2 is 1.75 bits per heavy atom. The van der Waals surface area contributed by atoms with E-state index in [1.807, 2.05) is 38.1 Å². The minimum atomic E-state index is -0.525. The molecule has 2 aromatic carbocycles. The minimum Gasteiger partial charge on any atom is -0.383 e. The van der Waals surface area contributed by atoms with E-state index in [2.05, 4.69) is 10.4 Å². The lowest BCUT2D eigenvalue weighted by atomic mass is 10.1. The van der Waals surface area contributed by atoms with E-state index in [0.29, 0.717) is 11.4 Å². The molecule has 0 aliphatic carbocycles. The third-order valence-electron chi connectivity index (χ3n) is 4.58. The number of anilines is 2. The Labute approximate surface area is 162 Å². The molecule has 0 spiro atoms. The summed E-state index contributed by atoms with van der Waals surface area (Å²) in [6.07, 6.45) is -0.149. The number of amides is 1. The van der Waals surface area contributed by atoms with Crippen LogP contribution in [0.4, 0.5) is 11.5 Å². The van der Waals surface area contributed by atoms with Gasteiger partial charge in [0.1, 0.15) is 11.4 Å². The molecular weight excluding hydrogens is 356 g/mol. The molecule has 0 fully saturated rings. The zero-order valence-electron chi connectivity index (χ0n) is 15.8. The van der Waals surface area contributed by atoms with Gasteiger partial charge in [-0.3, -0.25) is 19.5 Å². The van der Waals surface area contributed by atoms with Gasteiger partial charge in [0.15, 0.2) is 5.78 Å². The predicted octanol–water partition coefficient (Wildman–Crippen LogP) is 2.97. The van der Waals surface area contributed by atoms with Crippen LogP contribution in [0.1, 0.15) is 34.3 Å². The second-order valence-electron chi connectivity index (χ2n) is 6.65. The molecule has 4 N–H and O–H groups in total. The highest BCUT2D eigenvalue weighted by atomic mass is 16.2. The van der Waals surface area contributed by atoms with Crippen LogP contribution in [0.25, 0.3) is 5.69 Å². The number of aromatic nitrogens is 2. The van der Waals surface area contributed by atoms with Gasteiger partial charge in [-0.15, -0.1) is 0 Å². The van der Waals surface area contributed by atoms with Gasteiger partial charge in [-0.1, -0.05) is 24.3 Å². The summed E-state index contributed by atoms with van der Waals surface area (Å²) in [7, 11) is 0. The quantitative estimate of drug-likeness (QED) is 0.573. The van der Waals surface area contributed by atoms with Crippen LogP contribution in [0.5, 0.6) is 0 Å². The molecule has 0 unspecified atom stereocenters. The van der Waals surface area contributed by atoms with Gasteiger partial charge in [-0.05, 0) is 49.2 Å². The van der Waals surface area contributed by atoms with Crippen molar-refractivity contribution in [2.24, 2.45) is 0 Å². The van der Waals surface area contributed by atoms with Crippen molar-refractivity contribution in [1.29, 1.82) is 0 Å². The number of Topliss-reactive ketones (excluding diaryl/α,β-unsaturated/α-hetero) is 1. The van der Waals surface area contributed by atoms with Gasteiger partial charge in [0.25, 0.3) is 5.56 Å². The van der Waals surface area contributed by atoms with Crippen LogP contribution < -0.4 is 16.6 Å². The number of H-pyrrole nitrogens is 1. The van der Waals surface area contributed by atoms with Crippen LogP contribution in [-0.4, -0.2) is 21.5 Å². The molecule has 1 amide bonds. The normalized spacial score (nSPS) is 10.6. The van der Waals surface area contributed by atoms with E-state index in [-0.39, 0.29) is 30.1 Å². The van der Waals surface area contributed by atoms with E-state index >= 15 is 0 Å². The number of hydrogen-bond acceptors (Lipinski definition) is 4. The first-order chi connectivity index (χ1) is 13.4. The molecule has 7 nitrogen and oxygen atoms in total. The Morgan fingerprint density at radius 3 is 2.43 bits per heavy atom. The zero-order valence-corrected chi connectivity index (χ0v) is 15.8. The monoisotopic (exact) mass is 378 g/mol. The number of nitrogens with two attached hydrogens (primary N) is 1. The lowest BCUT2D eigenvalue weighted by Crippen LogP contribution is -2.21. The molecule has 3 aromatic rings. The second kappa shape index (κ2) is 7.96. The summed E-state index contributed by atoms with van der Waals surface area (Å²) in [4.78, 5) is 37.2. The average molecular weight is 378 g/mol. The molecule has 144 valence electrons. The van der Waals surface area contributed by atoms with Gasteiger partial charge in [0.2, 0.25) is 5.91 Å². The lowest BCUT2D eigenvalue weighted by molar-refractivity contribution is -0.116. The summed E-state index contributed by atoms with van der Waals surface area (Å²) < 4.78 is 1.22. The highest BCUT2D eigenvalue weighted by Gasteiger charge is 2.21. The first-order valence-corrected chi connectivity index (χ1v) is 8.93. The van der Waals surface area contributed by atoms with Crippen molar-refractivity contribution in [3.8, 4) is 5.69 Å². The first-order valence-electron chi connectivity index (χ1n) is 8.93. The number of benzene rings is 2. The Hall–Kier alpha value is -3.61. The largest absolute Gasteiger partial charge is 0.383 e. The zero-order chi connectivity index (χ0) is 20.3. The summed E-state index contributed by atoms with van der Waals surface area (Å²) in [5, 5.41) is 5.47. The number of carbonyl (C=O) groups is 2. The van der Waals surface area contributed by atoms with E-state index in [1.54, 1.807) is 24.3 Å². The first kappa shape index (κ1) is 19.2. The van der Waals surface area contributed by atoms with Gasteiger partial charge in [-0.2, -0.15) is 0 Å². The number of carbonyl (C=O) groups excluding carboxylic acids is 2. The lowest BCUT2D eigenvalue weighted by Gasteiger charge is -2.07. The maximum absolute atomic E-state index is 12.6. The summed E-state index contributed by atoms with van der Waals surface area (Å²) in [5.74, 6) is -0.772. The molecule has 0 aliphatic rings. The molecule has 1 aromatic heterocycles. The minimum absolute atomic E-state index is 0.00609. The van der Waals surface area contributed by atoms with Gasteiger partial charge in [-0.25, -0.2) is 4.68 Å². The van der Waals surface area contributed by atoms with Crippen LogP contribution in [0.3, 0.4) is 0 Å². The maximum Gasteiger partial charge on any atom is 0.284 e. The Morgan fingerprint density at radius 1 is 1.04 bits per heavy atom. The highest BCUT2D eigenvalue weighted by Crippen LogP contribution is 2.15. The summed E-state index contributed by atoms with van der Waals surface area (Å²) in [6, 6.07) is 14.4. The fourth-order valence-electron chi connectivity index (χ4n) is 2.88. The van der Waals surface area contributed by atoms with Crippen LogP contribution in [0.15, 0.2) is 53.3 Å². The fraction of sp³-hybridized carbons (Fsp3) is 0.190. The number of ketones is 1. The molecular formula is C21H22N4O3. The van der Waals surface area contributed by atoms with Crippen molar-refractivity contribution in [2.45, 2.75) is 26.7 Å². The SMILES string of the molecule is Cc1ccc(NC(=O)CCC(=O)c2c(N)[nH]n(-c3ccccc3)c2=O)cc1C. The molecule has 0 aliphatic heterocycles. The van der Waals surface area contributed by atoms with Crippen molar-refractivity contribution < 1.29 is 9.59 Å². The van der Waals surface area contributed by atoms with Crippen molar-refractivity contribution >= 4 is 23.2 Å². The van der Waals surface area contributed by atoms with Gasteiger partial charge >= 0.3 is 0 Å². The van der Waals surface area contributed by atoms with Crippen molar-refractivity contribution in [3.05, 3.63) is 75.6 Å². The van der Waals surface area contributed by atoms with Crippen molar-refractivity contribution in [1.82, 2.24) is 9.78 Å². The fourth-order valence-corrected chi connectivity index (χ4v) is 2.88. The van der Waals surface area contributed by atoms with Crippen molar-refractivity contribution in [2.75, 3.05) is 11.1 Å². The molecule has 1 heterocycles. The third kappa shape index (κ3) is 4.03. The Kier molecular flexibility index (Phi) is 5.44. The maximum atomic E-state index is 12.6. The third-order valence-corrected chi connectivity index (χ3v) is 4.58. The predicted molar refractivity (Wildman–Crippen MR) is 109 cm³/mol. The van der Waals surface area contributed by atoms with Crippen LogP contribution >= 0.6 is 0 Å². The molecule has 3 rings (SSSR count). The number of hydrogen-bond donors (Lipinski definition) is 3. The molecule has 0 saturated carbocycles. The van der Waals surface area contributed by atoms with Crippen LogP contribution in [0.2, 0.25) is 0 Å². The van der Waals surface area contributed by atoms with Crippen molar-refractivity contribution in [3.63, 3.8) is 0 Å². The Balaban J connectivity index is 1.68. The average Bonchev–Trinajstić information content (AvgIpc) is 2.98. The van der Waals surface area contributed by atoms with E-state index in [4.69, 9.17) is 5.73 Å². The standard InChI is InChI=1S/C21H22N4O3/c1-13-8-9-15(12-14(13)2)23-18(27)11-10-17(26)19-20(22)24-25(21(19)28)16-6-4-3-5-7-16/h3-9,12,24H,10-11,22H2,1-2H3,(H,23,27). The molecule has 0 radical (unpaired) electrons. The molecule has 0 saturated heterocycles. The van der Waals surface area contributed by atoms with Gasteiger partial charge < -0.3 is 11.1 Å². The van der Waals surface area contributed by atoms with Crippen LogP contribution in [-0.2, 0) is 4.79 Å². The summed E-state index contributed by atoms with van der Waals surface area (Å²) in [5.41, 5.74) is 8.64. The van der Waals surface area contributed by atoms with Gasteiger partial charge in [0.05, 0.1) is 5.69 Å². The summed E-state index contributed by atoms with van der Waals surface area (Å²) in [6.45, 7) is 3.95. The number of aryl methyl sites for hydroxylation is 2. The Bertz CT molecular complexity index is 1080. The summed E-state index contributed by atoms with van der Waals surface area (Å²) >= 11 is 0. The number of rotatable bonds is 6. The molecule has 28 heavy (non-hydrogen) atoms. The van der Waals surface area contributed by atoms with E-state index < -0.39 is 11.3 Å². The van der Waals surface area contributed by atoms with E-state index in [9.17, 15) is 14.4 Å². The number of aromatic amines is 1. The number of nitrogens with one attached hydrogen (secondary N) is 2. The second-order valence-corrected chi connectivity index (χ2v) is 6.65. The van der Waals surface area contributed by atoms with E-state index in [0.717, 1.165) is 11.1 Å². The smallest absolute Gasteiger partial charge is 0.284 e. The number of nitrogen functional groups attached to an aromatic ring is 1. The van der Waals surface area contributed by atoms with Gasteiger partial charge in [0, 0.05) is 18.5 Å². The highest BCUT2D eigenvalue weighted by molar-refractivity contribution is 6.02. The van der Waals surface area contributed by atoms with Crippen LogP contribution in [0, 0.1) is 13.8 Å². The molecule has 0 atom stereocenters.